The summed E-state index contributed by atoms with van der Waals surface area (Å²) in [6, 6.07) is 8.37. The second-order valence-electron chi connectivity index (χ2n) is 11.8. The zero-order valence-corrected chi connectivity index (χ0v) is 28.3. The van der Waals surface area contributed by atoms with Gasteiger partial charge in [-0.15, -0.1) is 0 Å². The van der Waals surface area contributed by atoms with Crippen molar-refractivity contribution in [2.24, 2.45) is 5.92 Å². The Labute approximate surface area is 268 Å². The van der Waals surface area contributed by atoms with Gasteiger partial charge in [0.15, 0.2) is 0 Å². The lowest BCUT2D eigenvalue weighted by atomic mass is 9.87. The van der Waals surface area contributed by atoms with Crippen LogP contribution in [-0.2, 0) is 6.42 Å². The maximum atomic E-state index is 6.56. The van der Waals surface area contributed by atoms with Gasteiger partial charge >= 0.3 is 0 Å². The number of nitrogens with one attached hydrogen (secondary N) is 3. The van der Waals surface area contributed by atoms with Gasteiger partial charge in [-0.3, -0.25) is 0 Å². The first kappa shape index (κ1) is 36.5. The number of aromatic nitrogens is 1. The molecule has 44 heavy (non-hydrogen) atoms. The minimum atomic E-state index is 0.0362. The molecule has 0 amide bonds. The van der Waals surface area contributed by atoms with Gasteiger partial charge in [-0.1, -0.05) is 109 Å². The second-order valence-corrected chi connectivity index (χ2v) is 11.8. The Morgan fingerprint density at radius 1 is 1.00 bits per heavy atom. The van der Waals surface area contributed by atoms with E-state index < -0.39 is 0 Å². The van der Waals surface area contributed by atoms with Crippen molar-refractivity contribution >= 4 is 17.2 Å². The molecular weight excluding hydrogens is 540 g/mol. The first-order valence-corrected chi connectivity index (χ1v) is 16.8. The van der Waals surface area contributed by atoms with Crippen molar-refractivity contribution in [1.29, 1.82) is 0 Å². The molecule has 0 spiro atoms. The first-order valence-electron chi connectivity index (χ1n) is 16.8. The molecule has 0 aliphatic heterocycles. The van der Waals surface area contributed by atoms with Gasteiger partial charge in [-0.25, -0.2) is 4.98 Å². The molecule has 1 aromatic heterocycles. The molecule has 0 bridgehead atoms. The lowest BCUT2D eigenvalue weighted by Gasteiger charge is -2.24. The Kier molecular flexibility index (Phi) is 16.9. The molecule has 242 valence electrons. The quantitative estimate of drug-likeness (QED) is 0.0975. The average molecular weight is 601 g/mol. The van der Waals surface area contributed by atoms with E-state index in [2.05, 4.69) is 104 Å². The summed E-state index contributed by atoms with van der Waals surface area (Å²) in [5.74, 6) is 2.26. The molecule has 2 aromatic rings. The van der Waals surface area contributed by atoms with Gasteiger partial charge in [0, 0.05) is 48.4 Å². The first-order chi connectivity index (χ1) is 21.3. The molecule has 1 aliphatic carbocycles. The van der Waals surface area contributed by atoms with Gasteiger partial charge in [-0.05, 0) is 67.7 Å². The molecule has 0 saturated heterocycles. The van der Waals surface area contributed by atoms with Crippen molar-refractivity contribution in [1.82, 2.24) is 20.9 Å². The van der Waals surface area contributed by atoms with E-state index in [4.69, 9.17) is 11.5 Å². The van der Waals surface area contributed by atoms with E-state index in [1.54, 1.807) is 6.20 Å². The standard InChI is InChI=1S/C28H41N5.C10H19N/c1-6-8-10-11-12-13-24-19-32-28(30)26(27(24)29)20(3)22-15-17-23(18-16-22)21(4)33-25(31-5)14-9-7-2;1-3-11-9(2)10-7-5-4-6-8-10/h11-12,14-20,31,33H,4,6-10,13H2,1-3,5H3,(H4,29,30,32);10-11H,2-8H2,1H3/b12-11-,25-14+;. The Balaban J connectivity index is 0.000000514. The van der Waals surface area contributed by atoms with Crippen molar-refractivity contribution in [3.8, 4) is 0 Å². The van der Waals surface area contributed by atoms with Crippen LogP contribution in [0.25, 0.3) is 5.70 Å². The number of nitrogen functional groups attached to an aromatic ring is 2. The van der Waals surface area contributed by atoms with E-state index in [-0.39, 0.29) is 5.92 Å². The lowest BCUT2D eigenvalue weighted by molar-refractivity contribution is 0.388. The number of nitrogens with two attached hydrogens (primary N) is 2. The van der Waals surface area contributed by atoms with Crippen LogP contribution >= 0.6 is 0 Å². The van der Waals surface area contributed by atoms with Gasteiger partial charge in [0.25, 0.3) is 0 Å². The third-order valence-electron chi connectivity index (χ3n) is 8.39. The number of benzene rings is 1. The third-order valence-corrected chi connectivity index (χ3v) is 8.39. The van der Waals surface area contributed by atoms with Crippen LogP contribution in [0.4, 0.5) is 11.5 Å². The minimum absolute atomic E-state index is 0.0362. The monoisotopic (exact) mass is 600 g/mol. The fourth-order valence-electron chi connectivity index (χ4n) is 5.57. The molecule has 1 unspecified atom stereocenters. The van der Waals surface area contributed by atoms with E-state index in [9.17, 15) is 0 Å². The molecule has 1 saturated carbocycles. The van der Waals surface area contributed by atoms with Crippen molar-refractivity contribution in [3.05, 3.63) is 95.6 Å². The van der Waals surface area contributed by atoms with Crippen molar-refractivity contribution in [3.63, 3.8) is 0 Å². The summed E-state index contributed by atoms with van der Waals surface area (Å²) in [7, 11) is 1.91. The highest BCUT2D eigenvalue weighted by molar-refractivity contribution is 5.66. The molecule has 1 fully saturated rings. The predicted octanol–water partition coefficient (Wildman–Crippen LogP) is 8.80. The Hall–Kier alpha value is -3.67. The van der Waals surface area contributed by atoms with E-state index >= 15 is 0 Å². The molecule has 1 atom stereocenters. The normalized spacial score (nSPS) is 14.4. The maximum Gasteiger partial charge on any atom is 0.129 e. The van der Waals surface area contributed by atoms with Crippen LogP contribution in [0, 0.1) is 5.92 Å². The van der Waals surface area contributed by atoms with Crippen LogP contribution in [0.15, 0.2) is 73.4 Å². The number of rotatable bonds is 16. The number of allylic oxidation sites excluding steroid dienone is 4. The van der Waals surface area contributed by atoms with Crippen LogP contribution in [0.1, 0.15) is 120 Å². The van der Waals surface area contributed by atoms with Crippen LogP contribution < -0.4 is 27.4 Å². The number of pyridine rings is 1. The third kappa shape index (κ3) is 11.8. The Morgan fingerprint density at radius 2 is 1.70 bits per heavy atom. The van der Waals surface area contributed by atoms with Crippen molar-refractivity contribution in [2.45, 2.75) is 104 Å². The zero-order chi connectivity index (χ0) is 32.3. The summed E-state index contributed by atoms with van der Waals surface area (Å²) in [5, 5.41) is 9.86. The van der Waals surface area contributed by atoms with E-state index in [1.165, 1.54) is 50.6 Å². The summed E-state index contributed by atoms with van der Waals surface area (Å²) >= 11 is 0. The predicted molar refractivity (Wildman–Crippen MR) is 193 cm³/mol. The van der Waals surface area contributed by atoms with Gasteiger partial charge < -0.3 is 27.4 Å². The summed E-state index contributed by atoms with van der Waals surface area (Å²) in [4.78, 5) is 4.44. The highest BCUT2D eigenvalue weighted by Crippen LogP contribution is 2.34. The van der Waals surface area contributed by atoms with Gasteiger partial charge in [0.05, 0.1) is 5.82 Å². The Morgan fingerprint density at radius 3 is 2.32 bits per heavy atom. The van der Waals surface area contributed by atoms with Crippen LogP contribution in [-0.4, -0.2) is 18.6 Å². The largest absolute Gasteiger partial charge is 0.398 e. The molecule has 6 heteroatoms. The molecule has 1 heterocycles. The summed E-state index contributed by atoms with van der Waals surface area (Å²) < 4.78 is 0. The van der Waals surface area contributed by atoms with Crippen LogP contribution in [0.5, 0.6) is 0 Å². The summed E-state index contributed by atoms with van der Waals surface area (Å²) in [6.07, 6.45) is 21.7. The molecule has 7 N–H and O–H groups in total. The molecule has 1 aliphatic rings. The molecule has 0 radical (unpaired) electrons. The summed E-state index contributed by atoms with van der Waals surface area (Å²) in [5.41, 5.74) is 19.8. The Bertz CT molecular complexity index is 1200. The molecule has 3 rings (SSSR count). The average Bonchev–Trinajstić information content (AvgIpc) is 3.04. The number of hydrogen-bond acceptors (Lipinski definition) is 6. The van der Waals surface area contributed by atoms with Gasteiger partial charge in [-0.2, -0.15) is 0 Å². The van der Waals surface area contributed by atoms with Crippen molar-refractivity contribution in [2.75, 3.05) is 25.1 Å². The van der Waals surface area contributed by atoms with Crippen LogP contribution in [0.2, 0.25) is 0 Å². The second kappa shape index (κ2) is 20.3. The van der Waals surface area contributed by atoms with Crippen LogP contribution in [0.3, 0.4) is 0 Å². The summed E-state index contributed by atoms with van der Waals surface area (Å²) in [6.45, 7) is 17.9. The number of hydrogen-bond donors (Lipinski definition) is 5. The molecule has 6 nitrogen and oxygen atoms in total. The fourth-order valence-corrected chi connectivity index (χ4v) is 5.57. The van der Waals surface area contributed by atoms with Crippen molar-refractivity contribution < 1.29 is 0 Å². The molecular formula is C38H60N6. The lowest BCUT2D eigenvalue weighted by Crippen LogP contribution is -2.21. The minimum Gasteiger partial charge on any atom is -0.398 e. The number of unbranched alkanes of at least 4 members (excludes halogenated alkanes) is 3. The highest BCUT2D eigenvalue weighted by Gasteiger charge is 2.19. The molecule has 1 aromatic carbocycles. The van der Waals surface area contributed by atoms with E-state index in [0.29, 0.717) is 5.82 Å². The maximum absolute atomic E-state index is 6.56. The SMILES string of the molecule is C=C(N/C(=C/CCC)NC)c1ccc(C(C)c2c(N)ncc(C/C=C\CCCC)c2N)cc1.C=C(NCC)C1CCCCC1. The smallest absolute Gasteiger partial charge is 0.129 e. The zero-order valence-electron chi connectivity index (χ0n) is 28.3. The highest BCUT2D eigenvalue weighted by atomic mass is 15.1. The van der Waals surface area contributed by atoms with E-state index in [0.717, 1.165) is 77.6 Å². The van der Waals surface area contributed by atoms with Gasteiger partial charge in [0.2, 0.25) is 0 Å². The number of anilines is 2. The van der Waals surface area contributed by atoms with Gasteiger partial charge in [0.1, 0.15) is 5.82 Å². The topological polar surface area (TPSA) is 101 Å². The fraction of sp³-hybridized carbons (Fsp3) is 0.500. The number of nitrogens with zero attached hydrogens (tertiary/aromatic N) is 1. The van der Waals surface area contributed by atoms with E-state index in [1.807, 2.05) is 7.05 Å².